The normalized spacial score (nSPS) is 15.3. The van der Waals surface area contributed by atoms with E-state index in [2.05, 4.69) is 152 Å². The van der Waals surface area contributed by atoms with Crippen LogP contribution in [0.3, 0.4) is 0 Å². The Labute approximate surface area is 296 Å². The van der Waals surface area contributed by atoms with Gasteiger partial charge in [0, 0.05) is 16.7 Å². The molecule has 3 nitrogen and oxygen atoms in total. The molecule has 0 aliphatic heterocycles. The van der Waals surface area contributed by atoms with Gasteiger partial charge in [0.1, 0.15) is 0 Å². The minimum Gasteiger partial charge on any atom is -0.208 e. The second-order valence-corrected chi connectivity index (χ2v) is 16.5. The van der Waals surface area contributed by atoms with Gasteiger partial charge in [-0.3, -0.25) is 0 Å². The van der Waals surface area contributed by atoms with E-state index in [0.29, 0.717) is 17.5 Å². The average molecular weight is 652 g/mol. The zero-order valence-electron chi connectivity index (χ0n) is 30.3. The predicted molar refractivity (Wildman–Crippen MR) is 211 cm³/mol. The molecule has 0 radical (unpaired) electrons. The summed E-state index contributed by atoms with van der Waals surface area (Å²) in [6.07, 6.45) is 2.42. The van der Waals surface area contributed by atoms with E-state index < -0.39 is 0 Å². The first-order valence-electron chi connectivity index (χ1n) is 17.9. The maximum Gasteiger partial charge on any atom is 0.164 e. The average Bonchev–Trinajstić information content (AvgIpc) is 3.13. The van der Waals surface area contributed by atoms with Crippen LogP contribution in [0.5, 0.6) is 0 Å². The highest BCUT2D eigenvalue weighted by Crippen LogP contribution is 2.47. The van der Waals surface area contributed by atoms with Gasteiger partial charge < -0.3 is 0 Å². The third-order valence-corrected chi connectivity index (χ3v) is 11.0. The van der Waals surface area contributed by atoms with Crippen LogP contribution in [0.4, 0.5) is 0 Å². The molecule has 6 aromatic carbocycles. The summed E-state index contributed by atoms with van der Waals surface area (Å²) in [6.45, 7) is 16.3. The maximum absolute atomic E-state index is 5.09. The standard InChI is InChI=1S/C47H45N3/c1-45(2,3)37-22-19-33(20-23-37)43-48-42(32-11-9-8-10-12-32)49-44(50-43)36-18-16-31-14-13-30-15-17-34(27-38(30)39(31)28-36)35-21-24-40-41(29-35)47(6,7)26-25-46(40,4)5/h8-24,27-29H,25-26H2,1-7H3. The van der Waals surface area contributed by atoms with Crippen molar-refractivity contribution in [2.45, 2.75) is 77.6 Å². The summed E-state index contributed by atoms with van der Waals surface area (Å²) in [6, 6.07) is 44.0. The lowest BCUT2D eigenvalue weighted by Crippen LogP contribution is -2.33. The van der Waals surface area contributed by atoms with Gasteiger partial charge >= 0.3 is 0 Å². The van der Waals surface area contributed by atoms with Crippen molar-refractivity contribution < 1.29 is 0 Å². The Morgan fingerprint density at radius 1 is 0.440 bits per heavy atom. The SMILES string of the molecule is CC(C)(C)c1ccc(-c2nc(-c3ccccc3)nc(-c3ccc4ccc5ccc(-c6ccc7c(c6)C(C)(C)CCC7(C)C)cc5c4c3)n2)cc1. The largest absolute Gasteiger partial charge is 0.208 e. The second-order valence-electron chi connectivity index (χ2n) is 16.5. The Hall–Kier alpha value is -5.15. The molecule has 1 aromatic heterocycles. The van der Waals surface area contributed by atoms with Crippen molar-refractivity contribution in [3.05, 3.63) is 138 Å². The van der Waals surface area contributed by atoms with E-state index in [-0.39, 0.29) is 16.2 Å². The van der Waals surface area contributed by atoms with E-state index in [0.717, 1.165) is 16.7 Å². The molecule has 0 saturated carbocycles. The van der Waals surface area contributed by atoms with Crippen LogP contribution in [-0.2, 0) is 16.2 Å². The van der Waals surface area contributed by atoms with Crippen molar-refractivity contribution in [2.24, 2.45) is 0 Å². The van der Waals surface area contributed by atoms with Gasteiger partial charge in [0.25, 0.3) is 0 Å². The number of rotatable bonds is 4. The van der Waals surface area contributed by atoms with Gasteiger partial charge in [-0.1, -0.05) is 158 Å². The zero-order chi connectivity index (χ0) is 34.8. The van der Waals surface area contributed by atoms with Crippen molar-refractivity contribution in [1.82, 2.24) is 15.0 Å². The van der Waals surface area contributed by atoms with Crippen LogP contribution in [0.2, 0.25) is 0 Å². The maximum atomic E-state index is 5.09. The lowest BCUT2D eigenvalue weighted by Gasteiger charge is -2.42. The number of fused-ring (bicyclic) bond motifs is 4. The highest BCUT2D eigenvalue weighted by molar-refractivity contribution is 6.09. The monoisotopic (exact) mass is 651 g/mol. The molecule has 50 heavy (non-hydrogen) atoms. The van der Waals surface area contributed by atoms with Crippen LogP contribution in [0, 0.1) is 0 Å². The van der Waals surface area contributed by atoms with Crippen molar-refractivity contribution >= 4 is 21.5 Å². The molecule has 0 atom stereocenters. The van der Waals surface area contributed by atoms with E-state index in [1.54, 1.807) is 0 Å². The topological polar surface area (TPSA) is 38.7 Å². The highest BCUT2D eigenvalue weighted by Gasteiger charge is 2.37. The Kier molecular flexibility index (Phi) is 7.53. The molecule has 8 rings (SSSR count). The highest BCUT2D eigenvalue weighted by atomic mass is 15.0. The molecule has 0 N–H and O–H groups in total. The third kappa shape index (κ3) is 5.79. The first kappa shape index (κ1) is 32.1. The molecule has 3 heteroatoms. The zero-order valence-corrected chi connectivity index (χ0v) is 30.3. The number of benzene rings is 6. The van der Waals surface area contributed by atoms with Gasteiger partial charge in [-0.15, -0.1) is 0 Å². The number of hydrogen-bond donors (Lipinski definition) is 0. The number of aromatic nitrogens is 3. The van der Waals surface area contributed by atoms with E-state index in [4.69, 9.17) is 15.0 Å². The fourth-order valence-corrected chi connectivity index (χ4v) is 7.61. The minimum atomic E-state index is 0.0686. The Morgan fingerprint density at radius 2 is 0.880 bits per heavy atom. The predicted octanol–water partition coefficient (Wildman–Crippen LogP) is 12.5. The van der Waals surface area contributed by atoms with Gasteiger partial charge in [-0.05, 0) is 90.6 Å². The molecule has 248 valence electrons. The van der Waals surface area contributed by atoms with Crippen molar-refractivity contribution in [1.29, 1.82) is 0 Å². The first-order chi connectivity index (χ1) is 23.9. The number of hydrogen-bond acceptors (Lipinski definition) is 3. The molecule has 0 bridgehead atoms. The van der Waals surface area contributed by atoms with E-state index in [1.807, 2.05) is 18.2 Å². The quantitative estimate of drug-likeness (QED) is 0.178. The van der Waals surface area contributed by atoms with Gasteiger partial charge in [0.05, 0.1) is 0 Å². The van der Waals surface area contributed by atoms with Crippen LogP contribution in [0.15, 0.2) is 121 Å². The van der Waals surface area contributed by atoms with Crippen LogP contribution in [0.25, 0.3) is 66.8 Å². The summed E-state index contributed by atoms with van der Waals surface area (Å²) < 4.78 is 0. The molecular weight excluding hydrogens is 607 g/mol. The summed E-state index contributed by atoms with van der Waals surface area (Å²) >= 11 is 0. The molecule has 1 heterocycles. The summed E-state index contributed by atoms with van der Waals surface area (Å²) in [5.74, 6) is 2.01. The van der Waals surface area contributed by atoms with Crippen LogP contribution in [-0.4, -0.2) is 15.0 Å². The van der Waals surface area contributed by atoms with Crippen LogP contribution < -0.4 is 0 Å². The fraction of sp³-hybridized carbons (Fsp3) is 0.255. The Morgan fingerprint density at radius 3 is 1.48 bits per heavy atom. The van der Waals surface area contributed by atoms with Gasteiger partial charge in [-0.2, -0.15) is 0 Å². The summed E-state index contributed by atoms with van der Waals surface area (Å²) in [5.41, 5.74) is 10.1. The Bertz CT molecular complexity index is 2390. The summed E-state index contributed by atoms with van der Waals surface area (Å²) in [4.78, 5) is 15.1. The van der Waals surface area contributed by atoms with E-state index >= 15 is 0 Å². The summed E-state index contributed by atoms with van der Waals surface area (Å²) in [7, 11) is 0. The second kappa shape index (κ2) is 11.7. The van der Waals surface area contributed by atoms with Crippen molar-refractivity contribution in [3.8, 4) is 45.3 Å². The van der Waals surface area contributed by atoms with Crippen molar-refractivity contribution in [3.63, 3.8) is 0 Å². The van der Waals surface area contributed by atoms with E-state index in [1.165, 1.54) is 62.2 Å². The molecular formula is C47H45N3. The molecule has 1 aliphatic rings. The lowest BCUT2D eigenvalue weighted by atomic mass is 9.63. The van der Waals surface area contributed by atoms with Gasteiger partial charge in [0.15, 0.2) is 17.5 Å². The lowest BCUT2D eigenvalue weighted by molar-refractivity contribution is 0.332. The molecule has 0 unspecified atom stereocenters. The molecule has 0 fully saturated rings. The fourth-order valence-electron chi connectivity index (χ4n) is 7.61. The molecule has 0 saturated heterocycles. The van der Waals surface area contributed by atoms with Gasteiger partial charge in [-0.25, -0.2) is 15.0 Å². The van der Waals surface area contributed by atoms with Crippen molar-refractivity contribution in [2.75, 3.05) is 0 Å². The summed E-state index contributed by atoms with van der Waals surface area (Å²) in [5, 5.41) is 4.84. The number of nitrogens with zero attached hydrogens (tertiary/aromatic N) is 3. The van der Waals surface area contributed by atoms with Crippen LogP contribution in [0.1, 0.15) is 78.0 Å². The molecule has 7 aromatic rings. The molecule has 0 spiro atoms. The third-order valence-electron chi connectivity index (χ3n) is 11.0. The minimum absolute atomic E-state index is 0.0686. The smallest absolute Gasteiger partial charge is 0.164 e. The van der Waals surface area contributed by atoms with Gasteiger partial charge in [0.2, 0.25) is 0 Å². The van der Waals surface area contributed by atoms with E-state index in [9.17, 15) is 0 Å². The molecule has 0 amide bonds. The Balaban J connectivity index is 1.26. The first-order valence-corrected chi connectivity index (χ1v) is 17.9. The molecule has 1 aliphatic carbocycles. The van der Waals surface area contributed by atoms with Crippen LogP contribution >= 0.6 is 0 Å².